The van der Waals surface area contributed by atoms with E-state index in [1.165, 1.54) is 0 Å². The smallest absolute Gasteiger partial charge is 0.270 e. The van der Waals surface area contributed by atoms with Crippen molar-refractivity contribution in [1.82, 2.24) is 10.3 Å². The quantitative estimate of drug-likeness (QED) is 0.945. The molecule has 5 heteroatoms. The van der Waals surface area contributed by atoms with Gasteiger partial charge in [0.05, 0.1) is 18.3 Å². The van der Waals surface area contributed by atoms with Crippen LogP contribution in [0.4, 0.5) is 0 Å². The van der Waals surface area contributed by atoms with E-state index in [1.807, 2.05) is 36.4 Å². The number of hydrogen-bond donors (Lipinski definition) is 1. The van der Waals surface area contributed by atoms with Gasteiger partial charge in [0.2, 0.25) is 0 Å². The van der Waals surface area contributed by atoms with Crippen molar-refractivity contribution in [3.05, 3.63) is 53.2 Å². The molecule has 0 saturated carbocycles. The first-order chi connectivity index (χ1) is 10.7. The maximum atomic E-state index is 12.3. The van der Waals surface area contributed by atoms with Crippen molar-refractivity contribution < 1.29 is 9.53 Å². The van der Waals surface area contributed by atoms with Crippen molar-refractivity contribution in [2.75, 3.05) is 13.2 Å². The first-order valence-electron chi connectivity index (χ1n) is 7.34. The zero-order chi connectivity index (χ0) is 15.4. The molecule has 1 aromatic heterocycles. The second kappa shape index (κ2) is 6.90. The summed E-state index contributed by atoms with van der Waals surface area (Å²) in [6.45, 7) is 1.34. The molecular weight excluding hydrogens is 300 g/mol. The molecule has 2 heterocycles. The molecular formula is C17H17ClN2O2. The summed E-state index contributed by atoms with van der Waals surface area (Å²) >= 11 is 6.00. The van der Waals surface area contributed by atoms with Crippen LogP contribution in [0, 0.1) is 0 Å². The lowest BCUT2D eigenvalue weighted by Crippen LogP contribution is -2.40. The second-order valence-electron chi connectivity index (χ2n) is 5.31. The lowest BCUT2D eigenvalue weighted by Gasteiger charge is -2.22. The zero-order valence-corrected chi connectivity index (χ0v) is 12.8. The summed E-state index contributed by atoms with van der Waals surface area (Å²) in [6, 6.07) is 12.9. The predicted molar refractivity (Wildman–Crippen MR) is 86.0 cm³/mol. The van der Waals surface area contributed by atoms with Crippen LogP contribution in [0.2, 0.25) is 5.02 Å². The molecule has 114 valence electrons. The Kier molecular flexibility index (Phi) is 4.71. The van der Waals surface area contributed by atoms with Crippen LogP contribution in [0.1, 0.15) is 23.3 Å². The van der Waals surface area contributed by atoms with Crippen LogP contribution in [0.15, 0.2) is 42.5 Å². The number of carbonyl (C=O) groups is 1. The molecule has 0 bridgehead atoms. The van der Waals surface area contributed by atoms with Crippen LogP contribution < -0.4 is 5.32 Å². The van der Waals surface area contributed by atoms with Gasteiger partial charge in [-0.3, -0.25) is 4.79 Å². The molecule has 1 aliphatic heterocycles. The Morgan fingerprint density at radius 3 is 2.91 bits per heavy atom. The Morgan fingerprint density at radius 1 is 1.27 bits per heavy atom. The normalized spacial score (nSPS) is 18.0. The molecule has 1 aliphatic rings. The highest BCUT2D eigenvalue weighted by molar-refractivity contribution is 6.30. The summed E-state index contributed by atoms with van der Waals surface area (Å²) in [5.74, 6) is -0.167. The Bertz CT molecular complexity index is 669. The van der Waals surface area contributed by atoms with Crippen molar-refractivity contribution in [1.29, 1.82) is 0 Å². The molecule has 1 fully saturated rings. The van der Waals surface area contributed by atoms with E-state index < -0.39 is 0 Å². The number of nitrogens with one attached hydrogen (secondary N) is 1. The zero-order valence-electron chi connectivity index (χ0n) is 12.1. The van der Waals surface area contributed by atoms with E-state index in [2.05, 4.69) is 10.3 Å². The topological polar surface area (TPSA) is 51.2 Å². The minimum Gasteiger partial charge on any atom is -0.379 e. The first kappa shape index (κ1) is 15.0. The van der Waals surface area contributed by atoms with Crippen LogP contribution in [-0.2, 0) is 4.74 Å². The van der Waals surface area contributed by atoms with E-state index in [4.69, 9.17) is 16.3 Å². The molecule has 1 N–H and O–H groups in total. The van der Waals surface area contributed by atoms with Gasteiger partial charge in [-0.1, -0.05) is 29.8 Å². The van der Waals surface area contributed by atoms with E-state index in [1.54, 1.807) is 6.07 Å². The standard InChI is InChI=1S/C17H17ClN2O2/c18-13-5-1-4-12(10-13)15-7-2-8-16(20-15)17(21)19-14-6-3-9-22-11-14/h1-2,4-5,7-8,10,14H,3,6,9,11H2,(H,19,21). The molecule has 2 aromatic rings. The average molecular weight is 317 g/mol. The van der Waals surface area contributed by atoms with Crippen LogP contribution in [0.5, 0.6) is 0 Å². The summed E-state index contributed by atoms with van der Waals surface area (Å²) in [5.41, 5.74) is 2.03. The number of aromatic nitrogens is 1. The largest absolute Gasteiger partial charge is 0.379 e. The number of amides is 1. The van der Waals surface area contributed by atoms with Gasteiger partial charge in [0, 0.05) is 17.2 Å². The van der Waals surface area contributed by atoms with Crippen LogP contribution in [0.3, 0.4) is 0 Å². The predicted octanol–water partition coefficient (Wildman–Crippen LogP) is 3.31. The number of halogens is 1. The molecule has 3 rings (SSSR count). The lowest BCUT2D eigenvalue weighted by atomic mass is 10.1. The monoisotopic (exact) mass is 316 g/mol. The van der Waals surface area contributed by atoms with E-state index in [0.29, 0.717) is 17.3 Å². The van der Waals surface area contributed by atoms with Crippen LogP contribution in [0.25, 0.3) is 11.3 Å². The fourth-order valence-electron chi connectivity index (χ4n) is 2.48. The molecule has 22 heavy (non-hydrogen) atoms. The number of rotatable bonds is 3. The molecule has 1 unspecified atom stereocenters. The van der Waals surface area contributed by atoms with Gasteiger partial charge in [-0.05, 0) is 37.1 Å². The lowest BCUT2D eigenvalue weighted by molar-refractivity contribution is 0.0622. The molecule has 0 aliphatic carbocycles. The number of ether oxygens (including phenoxy) is 1. The van der Waals surface area contributed by atoms with Crippen molar-refractivity contribution in [2.45, 2.75) is 18.9 Å². The second-order valence-corrected chi connectivity index (χ2v) is 5.74. The minimum atomic E-state index is -0.167. The van der Waals surface area contributed by atoms with Gasteiger partial charge in [-0.2, -0.15) is 0 Å². The fourth-order valence-corrected chi connectivity index (χ4v) is 2.67. The fraction of sp³-hybridized carbons (Fsp3) is 0.294. The number of nitrogens with zero attached hydrogens (tertiary/aromatic N) is 1. The van der Waals surface area contributed by atoms with Gasteiger partial charge in [0.15, 0.2) is 0 Å². The summed E-state index contributed by atoms with van der Waals surface area (Å²) in [5, 5.41) is 3.62. The Labute approximate surface area is 134 Å². The Balaban J connectivity index is 1.77. The van der Waals surface area contributed by atoms with Crippen molar-refractivity contribution in [2.24, 2.45) is 0 Å². The summed E-state index contributed by atoms with van der Waals surface area (Å²) in [6.07, 6.45) is 1.92. The van der Waals surface area contributed by atoms with Gasteiger partial charge in [-0.15, -0.1) is 0 Å². The summed E-state index contributed by atoms with van der Waals surface area (Å²) in [7, 11) is 0. The highest BCUT2D eigenvalue weighted by Crippen LogP contribution is 2.21. The van der Waals surface area contributed by atoms with Crippen LogP contribution >= 0.6 is 11.6 Å². The van der Waals surface area contributed by atoms with Crippen molar-refractivity contribution in [3.63, 3.8) is 0 Å². The highest BCUT2D eigenvalue weighted by Gasteiger charge is 2.18. The van der Waals surface area contributed by atoms with Gasteiger partial charge >= 0.3 is 0 Å². The third-order valence-electron chi connectivity index (χ3n) is 3.60. The molecule has 4 nitrogen and oxygen atoms in total. The van der Waals surface area contributed by atoms with Crippen LogP contribution in [-0.4, -0.2) is 30.1 Å². The molecule has 1 amide bonds. The molecule has 1 aromatic carbocycles. The Morgan fingerprint density at radius 2 is 2.14 bits per heavy atom. The van der Waals surface area contributed by atoms with E-state index in [9.17, 15) is 4.79 Å². The van der Waals surface area contributed by atoms with Gasteiger partial charge < -0.3 is 10.1 Å². The van der Waals surface area contributed by atoms with E-state index in [0.717, 1.165) is 30.7 Å². The van der Waals surface area contributed by atoms with Gasteiger partial charge in [-0.25, -0.2) is 4.98 Å². The number of hydrogen-bond acceptors (Lipinski definition) is 3. The van der Waals surface area contributed by atoms with E-state index in [-0.39, 0.29) is 11.9 Å². The van der Waals surface area contributed by atoms with Crippen molar-refractivity contribution >= 4 is 17.5 Å². The SMILES string of the molecule is O=C(NC1CCCOC1)c1cccc(-c2cccc(Cl)c2)n1. The average Bonchev–Trinajstić information content (AvgIpc) is 2.56. The highest BCUT2D eigenvalue weighted by atomic mass is 35.5. The summed E-state index contributed by atoms with van der Waals surface area (Å²) < 4.78 is 5.38. The third kappa shape index (κ3) is 3.64. The number of pyridine rings is 1. The number of carbonyl (C=O) groups excluding carboxylic acids is 1. The third-order valence-corrected chi connectivity index (χ3v) is 3.83. The van der Waals surface area contributed by atoms with Gasteiger partial charge in [0.25, 0.3) is 5.91 Å². The molecule has 0 spiro atoms. The number of benzene rings is 1. The molecule has 0 radical (unpaired) electrons. The molecule has 1 atom stereocenters. The summed E-state index contributed by atoms with van der Waals surface area (Å²) in [4.78, 5) is 16.7. The van der Waals surface area contributed by atoms with E-state index >= 15 is 0 Å². The maximum absolute atomic E-state index is 12.3. The van der Waals surface area contributed by atoms with Crippen molar-refractivity contribution in [3.8, 4) is 11.3 Å². The Hall–Kier alpha value is -1.91. The van der Waals surface area contributed by atoms with Gasteiger partial charge in [0.1, 0.15) is 5.69 Å². The minimum absolute atomic E-state index is 0.0675. The maximum Gasteiger partial charge on any atom is 0.270 e. The first-order valence-corrected chi connectivity index (χ1v) is 7.72. The molecule has 1 saturated heterocycles.